The quantitative estimate of drug-likeness (QED) is 0.161. The van der Waals surface area contributed by atoms with Crippen molar-refractivity contribution in [2.75, 3.05) is 0 Å². The van der Waals surface area contributed by atoms with Gasteiger partial charge in [-0.3, -0.25) is 0 Å². The molecule has 0 fully saturated rings. The smallest absolute Gasteiger partial charge is 0.296 e. The minimum absolute atomic E-state index is 0.0618. The van der Waals surface area contributed by atoms with Crippen molar-refractivity contribution in [2.24, 2.45) is 5.73 Å². The van der Waals surface area contributed by atoms with Gasteiger partial charge in [-0.1, -0.05) is 117 Å². The van der Waals surface area contributed by atoms with Gasteiger partial charge >= 0.3 is 0 Å². The molecule has 3 nitrogen and oxygen atoms in total. The summed E-state index contributed by atoms with van der Waals surface area (Å²) in [6.45, 7) is 4.70. The van der Waals surface area contributed by atoms with Crippen LogP contribution in [-0.2, 0) is 5.41 Å². The number of allylic oxidation sites excluding steroid dienone is 3. The highest BCUT2D eigenvalue weighted by atomic mass is 15.0. The Kier molecular flexibility index (Phi) is 6.47. The molecule has 0 amide bonds. The van der Waals surface area contributed by atoms with Crippen LogP contribution in [0.3, 0.4) is 0 Å². The molecule has 3 heteroatoms. The number of nitrogens with two attached hydrogens (primary N) is 1. The van der Waals surface area contributed by atoms with E-state index in [1.165, 1.54) is 49.7 Å². The maximum Gasteiger partial charge on any atom is 0.296 e. The van der Waals surface area contributed by atoms with Crippen LogP contribution in [0.25, 0.3) is 38.7 Å². The molecule has 1 aliphatic carbocycles. The molecule has 0 aromatic heterocycles. The summed E-state index contributed by atoms with van der Waals surface area (Å²) in [6, 6.07) is 39.2. The molecule has 5 aromatic carbocycles. The molecular weight excluding hydrogens is 510 g/mol. The maximum absolute atomic E-state index is 6.61. The zero-order valence-corrected chi connectivity index (χ0v) is 24.0. The van der Waals surface area contributed by atoms with Crippen molar-refractivity contribution in [2.45, 2.75) is 31.8 Å². The van der Waals surface area contributed by atoms with E-state index in [1.54, 1.807) is 0 Å². The third-order valence-corrected chi connectivity index (χ3v) is 8.70. The Morgan fingerprint density at radius 2 is 1.55 bits per heavy atom. The van der Waals surface area contributed by atoms with Gasteiger partial charge in [0.05, 0.1) is 0 Å². The van der Waals surface area contributed by atoms with Crippen LogP contribution >= 0.6 is 0 Å². The Balaban J connectivity index is 1.27. The first-order valence-corrected chi connectivity index (χ1v) is 14.6. The van der Waals surface area contributed by atoms with Crippen molar-refractivity contribution in [3.8, 4) is 22.3 Å². The molecule has 5 aromatic rings. The highest BCUT2D eigenvalue weighted by Crippen LogP contribution is 2.53. The number of nitrogens with zero attached hydrogens (tertiary/aromatic N) is 1. The van der Waals surface area contributed by atoms with E-state index in [9.17, 15) is 0 Å². The zero-order valence-electron chi connectivity index (χ0n) is 24.0. The molecule has 7 rings (SSSR count). The monoisotopic (exact) mass is 544 g/mol. The van der Waals surface area contributed by atoms with Crippen LogP contribution in [0.4, 0.5) is 0 Å². The third kappa shape index (κ3) is 4.59. The molecule has 0 radical (unpaired) electrons. The van der Waals surface area contributed by atoms with Crippen molar-refractivity contribution >= 4 is 28.9 Å². The Labute approximate surface area is 247 Å². The van der Waals surface area contributed by atoms with Crippen molar-refractivity contribution < 1.29 is 0 Å². The van der Waals surface area contributed by atoms with Crippen LogP contribution < -0.4 is 15.7 Å². The van der Waals surface area contributed by atoms with Gasteiger partial charge in [0.15, 0.2) is 0 Å². The first-order chi connectivity index (χ1) is 20.5. The van der Waals surface area contributed by atoms with Crippen molar-refractivity contribution in [3.63, 3.8) is 0 Å². The minimum Gasteiger partial charge on any atom is -0.366 e. The molecule has 3 N–H and O–H groups in total. The summed E-state index contributed by atoms with van der Waals surface area (Å²) >= 11 is 0. The second-order valence-corrected chi connectivity index (χ2v) is 11.7. The molecule has 1 aliphatic heterocycles. The van der Waals surface area contributed by atoms with Gasteiger partial charge in [0.25, 0.3) is 12.4 Å². The predicted octanol–water partition coefficient (Wildman–Crippen LogP) is 7.94. The van der Waals surface area contributed by atoms with E-state index in [4.69, 9.17) is 5.73 Å². The lowest BCUT2D eigenvalue weighted by Gasteiger charge is -2.22. The van der Waals surface area contributed by atoms with E-state index >= 15 is 0 Å². The average molecular weight is 545 g/mol. The summed E-state index contributed by atoms with van der Waals surface area (Å²) in [5, 5.41) is 6.14. The van der Waals surface area contributed by atoms with E-state index in [0.29, 0.717) is 0 Å². The second kappa shape index (κ2) is 10.5. The summed E-state index contributed by atoms with van der Waals surface area (Å²) in [5.74, 6) is 0. The average Bonchev–Trinajstić information content (AvgIpc) is 3.63. The number of hydrogen-bond acceptors (Lipinski definition) is 2. The van der Waals surface area contributed by atoms with E-state index in [2.05, 4.69) is 121 Å². The first kappa shape index (κ1) is 26.0. The summed E-state index contributed by atoms with van der Waals surface area (Å²) in [7, 11) is 0. The predicted molar refractivity (Wildman–Crippen MR) is 178 cm³/mol. The van der Waals surface area contributed by atoms with E-state index in [1.807, 2.05) is 36.7 Å². The molecule has 1 unspecified atom stereocenters. The Bertz CT molecular complexity index is 1940. The lowest BCUT2D eigenvalue weighted by Crippen LogP contribution is -2.27. The number of nitrogens with one attached hydrogen (secondary N) is 1. The molecule has 0 bridgehead atoms. The van der Waals surface area contributed by atoms with Crippen LogP contribution in [0.15, 0.2) is 127 Å². The number of fused-ring (bicyclic) bond motifs is 4. The topological polar surface area (TPSA) is 52.2 Å². The Morgan fingerprint density at radius 3 is 2.29 bits per heavy atom. The standard InChI is InChI=1S/C39H34N3/c1-39(2)34-14-8-13-32(37(34)33-23-30-11-6-7-12-31(30)24-35(33)39)27-16-18-28(19-17-27)36(20-15-26-21-22-41-25-26)42-38(40)29-9-4-3-5-10-29/h3-14,16-25,38,42H,15,40H2,1-2H3/q+1/b36-20-. The van der Waals surface area contributed by atoms with E-state index in [0.717, 1.165) is 23.2 Å². The van der Waals surface area contributed by atoms with E-state index < -0.39 is 0 Å². The fourth-order valence-corrected chi connectivity index (χ4v) is 6.38. The van der Waals surface area contributed by atoms with Crippen LogP contribution in [0, 0.1) is 0 Å². The minimum atomic E-state index is -0.319. The van der Waals surface area contributed by atoms with Gasteiger partial charge < -0.3 is 11.1 Å². The van der Waals surface area contributed by atoms with Gasteiger partial charge in [-0.25, -0.2) is 0 Å². The van der Waals surface area contributed by atoms with Gasteiger partial charge in [-0.15, -0.1) is 4.67 Å². The van der Waals surface area contributed by atoms with Gasteiger partial charge in [0.1, 0.15) is 6.17 Å². The third-order valence-electron chi connectivity index (χ3n) is 8.70. The van der Waals surface area contributed by atoms with Gasteiger partial charge in [-0.2, -0.15) is 0 Å². The van der Waals surface area contributed by atoms with Crippen LogP contribution in [0.1, 0.15) is 48.7 Å². The van der Waals surface area contributed by atoms with Crippen LogP contribution in [-0.4, -0.2) is 12.4 Å². The van der Waals surface area contributed by atoms with Crippen molar-refractivity contribution in [1.29, 1.82) is 0 Å². The molecule has 0 saturated carbocycles. The van der Waals surface area contributed by atoms with Crippen molar-refractivity contribution in [1.82, 2.24) is 9.98 Å². The summed E-state index contributed by atoms with van der Waals surface area (Å²) in [5.41, 5.74) is 18.8. The highest BCUT2D eigenvalue weighted by molar-refractivity contribution is 5.98. The summed E-state index contributed by atoms with van der Waals surface area (Å²) in [6.07, 6.45) is 8.46. The fourth-order valence-electron chi connectivity index (χ4n) is 6.38. The molecule has 1 heterocycles. The zero-order chi connectivity index (χ0) is 28.7. The highest BCUT2D eigenvalue weighted by Gasteiger charge is 2.37. The summed E-state index contributed by atoms with van der Waals surface area (Å²) < 4.78 is 4.22. The SMILES string of the molecule is CC1(C)c2cc3ccccc3cc2-c2c(-c3ccc(/C(=C/CC4=CC=[N+]=C4)NC(N)c4ccccc4)cc3)cccc21. The maximum atomic E-state index is 6.61. The molecule has 0 spiro atoms. The van der Waals surface area contributed by atoms with Gasteiger partial charge in [-0.05, 0) is 67.4 Å². The number of rotatable bonds is 7. The normalized spacial score (nSPS) is 15.4. The lowest BCUT2D eigenvalue weighted by atomic mass is 9.81. The number of benzene rings is 5. The van der Waals surface area contributed by atoms with Crippen LogP contribution in [0.2, 0.25) is 0 Å². The van der Waals surface area contributed by atoms with Gasteiger partial charge in [0, 0.05) is 29.2 Å². The molecule has 42 heavy (non-hydrogen) atoms. The lowest BCUT2D eigenvalue weighted by molar-refractivity contribution is 0.661. The first-order valence-electron chi connectivity index (χ1n) is 14.6. The Morgan fingerprint density at radius 1 is 0.810 bits per heavy atom. The van der Waals surface area contributed by atoms with Crippen LogP contribution in [0.5, 0.6) is 0 Å². The fraction of sp³-hybridized carbons (Fsp3) is 0.128. The molecule has 204 valence electrons. The Hall–Kier alpha value is -4.95. The molecule has 2 aliphatic rings. The number of hydrogen-bond donors (Lipinski definition) is 2. The molecular formula is C39H34N3+. The molecule has 0 saturated heterocycles. The summed E-state index contributed by atoms with van der Waals surface area (Å²) in [4.78, 5) is 0. The van der Waals surface area contributed by atoms with E-state index in [-0.39, 0.29) is 11.6 Å². The van der Waals surface area contributed by atoms with Crippen molar-refractivity contribution in [3.05, 3.63) is 149 Å². The molecule has 1 atom stereocenters. The largest absolute Gasteiger partial charge is 0.366 e. The van der Waals surface area contributed by atoms with Gasteiger partial charge in [0.2, 0.25) is 0 Å². The second-order valence-electron chi connectivity index (χ2n) is 11.7.